The van der Waals surface area contributed by atoms with Crippen LogP contribution in [0.1, 0.15) is 24.4 Å². The van der Waals surface area contributed by atoms with Crippen LogP contribution in [0.3, 0.4) is 0 Å². The van der Waals surface area contributed by atoms with Crippen molar-refractivity contribution in [2.75, 3.05) is 19.0 Å². The van der Waals surface area contributed by atoms with E-state index >= 15 is 0 Å². The van der Waals surface area contributed by atoms with E-state index < -0.39 is 0 Å². The average Bonchev–Trinajstić information content (AvgIpc) is 3.05. The van der Waals surface area contributed by atoms with Gasteiger partial charge in [-0.05, 0) is 36.6 Å². The zero-order chi connectivity index (χ0) is 16.2. The lowest BCUT2D eigenvalue weighted by Crippen LogP contribution is -2.34. The third-order valence-electron chi connectivity index (χ3n) is 3.97. The van der Waals surface area contributed by atoms with E-state index in [1.54, 1.807) is 19.4 Å². The molecule has 1 N–H and O–H groups in total. The molecular weight excluding hydrogens is 314 g/mol. The fourth-order valence-corrected chi connectivity index (χ4v) is 3.03. The first kappa shape index (κ1) is 15.6. The fraction of sp³-hybridized carbons (Fsp3) is 0.294. The van der Waals surface area contributed by atoms with E-state index in [4.69, 9.17) is 16.3 Å². The number of aromatic nitrogens is 1. The second-order valence-electron chi connectivity index (χ2n) is 5.45. The minimum Gasteiger partial charge on any atom is -0.497 e. The predicted molar refractivity (Wildman–Crippen MR) is 89.9 cm³/mol. The van der Waals surface area contributed by atoms with Crippen molar-refractivity contribution in [1.82, 2.24) is 9.88 Å². The maximum Gasteiger partial charge on any atom is 0.322 e. The molecule has 1 atom stereocenters. The maximum absolute atomic E-state index is 12.6. The number of carbonyl (C=O) groups excluding carboxylic acids is 1. The van der Waals surface area contributed by atoms with E-state index in [-0.39, 0.29) is 12.1 Å². The van der Waals surface area contributed by atoms with Gasteiger partial charge in [0.25, 0.3) is 0 Å². The van der Waals surface area contributed by atoms with Gasteiger partial charge in [-0.3, -0.25) is 4.98 Å². The van der Waals surface area contributed by atoms with Gasteiger partial charge in [-0.2, -0.15) is 0 Å². The first-order chi connectivity index (χ1) is 11.2. The summed E-state index contributed by atoms with van der Waals surface area (Å²) in [4.78, 5) is 18.4. The summed E-state index contributed by atoms with van der Waals surface area (Å²) in [5.74, 6) is 0.813. The third kappa shape index (κ3) is 3.56. The molecule has 1 aliphatic rings. The normalized spacial score (nSPS) is 17.1. The van der Waals surface area contributed by atoms with Crippen LogP contribution in [0.2, 0.25) is 5.02 Å². The number of benzene rings is 1. The zero-order valence-electron chi connectivity index (χ0n) is 12.8. The van der Waals surface area contributed by atoms with E-state index in [1.807, 2.05) is 29.2 Å². The number of nitrogens with zero attached hydrogens (tertiary/aromatic N) is 2. The zero-order valence-corrected chi connectivity index (χ0v) is 13.6. The van der Waals surface area contributed by atoms with Crippen molar-refractivity contribution in [1.29, 1.82) is 0 Å². The molecule has 6 heteroatoms. The second-order valence-corrected chi connectivity index (χ2v) is 5.88. The highest BCUT2D eigenvalue weighted by atomic mass is 35.5. The molecule has 23 heavy (non-hydrogen) atoms. The topological polar surface area (TPSA) is 54.5 Å². The molecule has 1 aliphatic heterocycles. The summed E-state index contributed by atoms with van der Waals surface area (Å²) in [5.41, 5.74) is 1.71. The lowest BCUT2D eigenvalue weighted by Gasteiger charge is -2.25. The van der Waals surface area contributed by atoms with Gasteiger partial charge in [0.15, 0.2) is 0 Å². The minimum atomic E-state index is -0.132. The maximum atomic E-state index is 12.6. The molecule has 0 aliphatic carbocycles. The SMILES string of the molecule is COc1ccc(C2CCCN2C(=O)Nc2cncc(Cl)c2)cc1. The molecule has 0 spiro atoms. The molecule has 0 bridgehead atoms. The Hall–Kier alpha value is -2.27. The fourth-order valence-electron chi connectivity index (χ4n) is 2.86. The number of amides is 2. The Bertz CT molecular complexity index is 690. The Kier molecular flexibility index (Phi) is 4.67. The summed E-state index contributed by atoms with van der Waals surface area (Å²) in [7, 11) is 1.64. The molecule has 3 rings (SSSR count). The van der Waals surface area contributed by atoms with Gasteiger partial charge in [0.2, 0.25) is 0 Å². The third-order valence-corrected chi connectivity index (χ3v) is 4.18. The molecule has 2 heterocycles. The number of likely N-dealkylation sites (tertiary alicyclic amines) is 1. The summed E-state index contributed by atoms with van der Waals surface area (Å²) in [6, 6.07) is 9.49. The molecule has 1 fully saturated rings. The molecule has 1 unspecified atom stereocenters. The van der Waals surface area contributed by atoms with Crippen LogP contribution in [-0.2, 0) is 0 Å². The van der Waals surface area contributed by atoms with Gasteiger partial charge in [-0.15, -0.1) is 0 Å². The van der Waals surface area contributed by atoms with E-state index in [2.05, 4.69) is 10.3 Å². The van der Waals surface area contributed by atoms with Gasteiger partial charge in [-0.1, -0.05) is 23.7 Å². The first-order valence-electron chi connectivity index (χ1n) is 7.49. The van der Waals surface area contributed by atoms with Crippen molar-refractivity contribution in [2.24, 2.45) is 0 Å². The monoisotopic (exact) mass is 331 g/mol. The molecule has 1 aromatic carbocycles. The molecule has 5 nitrogen and oxygen atoms in total. The number of halogens is 1. The van der Waals surface area contributed by atoms with Crippen molar-refractivity contribution < 1.29 is 9.53 Å². The molecule has 0 saturated carbocycles. The van der Waals surface area contributed by atoms with Crippen LogP contribution in [0.4, 0.5) is 10.5 Å². The summed E-state index contributed by atoms with van der Waals surface area (Å²) in [5, 5.41) is 3.36. The van der Waals surface area contributed by atoms with Gasteiger partial charge >= 0.3 is 6.03 Å². The number of nitrogens with one attached hydrogen (secondary N) is 1. The van der Waals surface area contributed by atoms with Crippen LogP contribution in [0, 0.1) is 0 Å². The van der Waals surface area contributed by atoms with Crippen molar-refractivity contribution in [3.8, 4) is 5.75 Å². The van der Waals surface area contributed by atoms with Gasteiger partial charge in [0.05, 0.1) is 30.1 Å². The Morgan fingerprint density at radius 2 is 2.13 bits per heavy atom. The molecule has 2 amide bonds. The van der Waals surface area contributed by atoms with Gasteiger partial charge in [0.1, 0.15) is 5.75 Å². The van der Waals surface area contributed by atoms with Gasteiger partial charge < -0.3 is 15.0 Å². The van der Waals surface area contributed by atoms with E-state index in [0.717, 1.165) is 30.7 Å². The Labute approximate surface area is 140 Å². The van der Waals surface area contributed by atoms with Crippen molar-refractivity contribution in [3.63, 3.8) is 0 Å². The lowest BCUT2D eigenvalue weighted by atomic mass is 10.0. The summed E-state index contributed by atoms with van der Waals surface area (Å²) >= 11 is 5.90. The molecule has 1 aromatic heterocycles. The second kappa shape index (κ2) is 6.87. The molecule has 1 saturated heterocycles. The Balaban J connectivity index is 1.73. The molecule has 2 aromatic rings. The highest BCUT2D eigenvalue weighted by Crippen LogP contribution is 2.33. The number of rotatable bonds is 3. The van der Waals surface area contributed by atoms with Crippen molar-refractivity contribution in [3.05, 3.63) is 53.3 Å². The highest BCUT2D eigenvalue weighted by molar-refractivity contribution is 6.30. The summed E-state index contributed by atoms with van der Waals surface area (Å²) in [6.07, 6.45) is 5.06. The summed E-state index contributed by atoms with van der Waals surface area (Å²) in [6.45, 7) is 0.733. The number of hydrogen-bond acceptors (Lipinski definition) is 3. The van der Waals surface area contributed by atoms with Gasteiger partial charge in [0, 0.05) is 12.7 Å². The number of hydrogen-bond donors (Lipinski definition) is 1. The molecular formula is C17H18ClN3O2. The minimum absolute atomic E-state index is 0.0769. The van der Waals surface area contributed by atoms with E-state index in [0.29, 0.717) is 10.7 Å². The number of methoxy groups -OCH3 is 1. The van der Waals surface area contributed by atoms with Crippen LogP contribution < -0.4 is 10.1 Å². The Morgan fingerprint density at radius 3 is 2.83 bits per heavy atom. The molecule has 120 valence electrons. The van der Waals surface area contributed by atoms with Crippen LogP contribution in [0.5, 0.6) is 5.75 Å². The van der Waals surface area contributed by atoms with E-state index in [1.165, 1.54) is 6.20 Å². The largest absolute Gasteiger partial charge is 0.497 e. The standard InChI is InChI=1S/C17H18ClN3O2/c1-23-15-6-4-12(5-7-15)16-3-2-8-21(16)17(22)20-14-9-13(18)10-19-11-14/h4-7,9-11,16H,2-3,8H2,1H3,(H,20,22). The van der Waals surface area contributed by atoms with Crippen LogP contribution >= 0.6 is 11.6 Å². The first-order valence-corrected chi connectivity index (χ1v) is 7.87. The number of anilines is 1. The number of carbonyl (C=O) groups is 1. The Morgan fingerprint density at radius 1 is 1.35 bits per heavy atom. The number of pyridine rings is 1. The van der Waals surface area contributed by atoms with Crippen molar-refractivity contribution in [2.45, 2.75) is 18.9 Å². The smallest absolute Gasteiger partial charge is 0.322 e. The van der Waals surface area contributed by atoms with Crippen LogP contribution in [-0.4, -0.2) is 29.6 Å². The van der Waals surface area contributed by atoms with E-state index in [9.17, 15) is 4.79 Å². The number of urea groups is 1. The molecule has 0 radical (unpaired) electrons. The lowest BCUT2D eigenvalue weighted by molar-refractivity contribution is 0.207. The quantitative estimate of drug-likeness (QED) is 0.920. The van der Waals surface area contributed by atoms with Gasteiger partial charge in [-0.25, -0.2) is 4.79 Å². The van der Waals surface area contributed by atoms with Crippen LogP contribution in [0.25, 0.3) is 0 Å². The van der Waals surface area contributed by atoms with Crippen LogP contribution in [0.15, 0.2) is 42.7 Å². The predicted octanol–water partition coefficient (Wildman–Crippen LogP) is 4.11. The average molecular weight is 332 g/mol. The summed E-state index contributed by atoms with van der Waals surface area (Å²) < 4.78 is 5.18. The number of ether oxygens (including phenoxy) is 1. The highest BCUT2D eigenvalue weighted by Gasteiger charge is 2.30. The van der Waals surface area contributed by atoms with Crippen molar-refractivity contribution >= 4 is 23.3 Å².